The molecule has 164 valence electrons. The molecule has 3 heterocycles. The van der Waals surface area contributed by atoms with Gasteiger partial charge < -0.3 is 15.1 Å². The number of hydrogen-bond donors (Lipinski definition) is 1. The van der Waals surface area contributed by atoms with Gasteiger partial charge in [-0.2, -0.15) is 0 Å². The molecule has 1 aromatic carbocycles. The maximum absolute atomic E-state index is 12.9. The van der Waals surface area contributed by atoms with E-state index >= 15 is 0 Å². The lowest BCUT2D eigenvalue weighted by molar-refractivity contribution is -0.133. The highest BCUT2D eigenvalue weighted by Gasteiger charge is 2.38. The van der Waals surface area contributed by atoms with Gasteiger partial charge in [0.25, 0.3) is 5.91 Å². The number of nitrogens with zero attached hydrogens (tertiary/aromatic N) is 2. The molecule has 1 aromatic heterocycles. The molecule has 0 saturated carbocycles. The summed E-state index contributed by atoms with van der Waals surface area (Å²) in [4.78, 5) is 41.8. The highest BCUT2D eigenvalue weighted by atomic mass is 32.1. The van der Waals surface area contributed by atoms with Crippen molar-refractivity contribution in [2.24, 2.45) is 0 Å². The van der Waals surface area contributed by atoms with Gasteiger partial charge in [-0.05, 0) is 43.2 Å². The molecule has 0 aliphatic carbocycles. The Hall–Kier alpha value is -2.67. The third kappa shape index (κ3) is 5.15. The Morgan fingerprint density at radius 3 is 2.39 bits per heavy atom. The number of thiophene rings is 1. The molecule has 2 fully saturated rings. The highest BCUT2D eigenvalue weighted by molar-refractivity contribution is 7.12. The Bertz CT molecular complexity index is 933. The molecule has 1 N–H and O–H groups in total. The lowest BCUT2D eigenvalue weighted by Gasteiger charge is -2.36. The first kappa shape index (κ1) is 21.6. The summed E-state index contributed by atoms with van der Waals surface area (Å²) >= 11 is 1.45. The molecule has 7 heteroatoms. The molecule has 0 bridgehead atoms. The molecule has 6 nitrogen and oxygen atoms in total. The summed E-state index contributed by atoms with van der Waals surface area (Å²) in [5.41, 5.74) is 2.04. The topological polar surface area (TPSA) is 69.7 Å². The summed E-state index contributed by atoms with van der Waals surface area (Å²) in [5, 5.41) is 5.07. The zero-order valence-corrected chi connectivity index (χ0v) is 18.7. The fourth-order valence-electron chi connectivity index (χ4n) is 4.50. The summed E-state index contributed by atoms with van der Waals surface area (Å²) in [5.74, 6) is 0.223. The van der Waals surface area contributed by atoms with Gasteiger partial charge in [0.05, 0.1) is 4.88 Å². The maximum atomic E-state index is 12.9. The van der Waals surface area contributed by atoms with E-state index in [4.69, 9.17) is 0 Å². The molecular weight excluding hydrogens is 410 g/mol. The van der Waals surface area contributed by atoms with E-state index in [0.29, 0.717) is 45.4 Å². The largest absolute Gasteiger partial charge is 0.350 e. The molecule has 0 unspecified atom stereocenters. The lowest BCUT2D eigenvalue weighted by Crippen LogP contribution is -2.51. The Labute approximate surface area is 187 Å². The standard InChI is InChI=1S/C24H29N3O3S/c1-18-4-6-19(7-5-18)17-24(10-8-21(28)25-24)11-9-22(29)26-12-14-27(15-13-26)23(30)20-3-2-16-31-20/h2-7,16H,8-15,17H2,1H3,(H,25,28)/t24-/m0/s1. The second kappa shape index (κ2) is 9.22. The van der Waals surface area contributed by atoms with Gasteiger partial charge in [-0.1, -0.05) is 35.9 Å². The maximum Gasteiger partial charge on any atom is 0.264 e. The van der Waals surface area contributed by atoms with E-state index in [1.165, 1.54) is 22.5 Å². The minimum absolute atomic E-state index is 0.0489. The molecule has 31 heavy (non-hydrogen) atoms. The lowest BCUT2D eigenvalue weighted by atomic mass is 9.84. The number of aryl methyl sites for hydroxylation is 1. The molecule has 0 spiro atoms. The van der Waals surface area contributed by atoms with Crippen molar-refractivity contribution in [2.45, 2.75) is 44.6 Å². The molecule has 4 rings (SSSR count). The van der Waals surface area contributed by atoms with Crippen molar-refractivity contribution in [1.82, 2.24) is 15.1 Å². The average Bonchev–Trinajstić information content (AvgIpc) is 3.44. The van der Waals surface area contributed by atoms with E-state index in [1.54, 1.807) is 0 Å². The van der Waals surface area contributed by atoms with Gasteiger partial charge in [0.15, 0.2) is 0 Å². The summed E-state index contributed by atoms with van der Waals surface area (Å²) < 4.78 is 0. The van der Waals surface area contributed by atoms with E-state index < -0.39 is 0 Å². The van der Waals surface area contributed by atoms with Crippen LogP contribution in [0.25, 0.3) is 0 Å². The van der Waals surface area contributed by atoms with Crippen LogP contribution in [0, 0.1) is 6.92 Å². The van der Waals surface area contributed by atoms with Crippen LogP contribution in [0.15, 0.2) is 41.8 Å². The molecule has 2 aromatic rings. The van der Waals surface area contributed by atoms with Gasteiger partial charge in [-0.3, -0.25) is 14.4 Å². The minimum Gasteiger partial charge on any atom is -0.350 e. The number of piperazine rings is 1. The second-order valence-electron chi connectivity index (χ2n) is 8.64. The number of nitrogens with one attached hydrogen (secondary N) is 1. The Balaban J connectivity index is 1.32. The monoisotopic (exact) mass is 439 g/mol. The first-order valence-corrected chi connectivity index (χ1v) is 11.8. The van der Waals surface area contributed by atoms with Gasteiger partial charge in [-0.15, -0.1) is 11.3 Å². The van der Waals surface area contributed by atoms with Crippen LogP contribution < -0.4 is 5.32 Å². The van der Waals surface area contributed by atoms with Crippen LogP contribution in [-0.2, 0) is 16.0 Å². The smallest absolute Gasteiger partial charge is 0.264 e. The predicted molar refractivity (Wildman–Crippen MR) is 121 cm³/mol. The first-order chi connectivity index (χ1) is 14.9. The van der Waals surface area contributed by atoms with Crippen molar-refractivity contribution in [3.63, 3.8) is 0 Å². The van der Waals surface area contributed by atoms with E-state index in [-0.39, 0.29) is 23.3 Å². The van der Waals surface area contributed by atoms with Crippen LogP contribution in [-0.4, -0.2) is 59.2 Å². The number of benzene rings is 1. The van der Waals surface area contributed by atoms with Crippen LogP contribution in [0.4, 0.5) is 0 Å². The van der Waals surface area contributed by atoms with Crippen molar-refractivity contribution in [1.29, 1.82) is 0 Å². The summed E-state index contributed by atoms with van der Waals surface area (Å²) in [6.45, 7) is 4.31. The molecular formula is C24H29N3O3S. The van der Waals surface area contributed by atoms with Crippen LogP contribution in [0.3, 0.4) is 0 Å². The number of amides is 3. The van der Waals surface area contributed by atoms with Gasteiger partial charge in [0.1, 0.15) is 0 Å². The van der Waals surface area contributed by atoms with Crippen molar-refractivity contribution >= 4 is 29.1 Å². The number of carbonyl (C=O) groups excluding carboxylic acids is 3. The van der Waals surface area contributed by atoms with Crippen molar-refractivity contribution in [3.05, 3.63) is 57.8 Å². The van der Waals surface area contributed by atoms with Crippen molar-refractivity contribution in [3.8, 4) is 0 Å². The fraction of sp³-hybridized carbons (Fsp3) is 0.458. The number of carbonyl (C=O) groups is 3. The third-order valence-corrected chi connectivity index (χ3v) is 7.23. The van der Waals surface area contributed by atoms with Gasteiger partial charge in [0.2, 0.25) is 11.8 Å². The Morgan fingerprint density at radius 2 is 1.77 bits per heavy atom. The Morgan fingerprint density at radius 1 is 1.06 bits per heavy atom. The molecule has 2 aliphatic rings. The van der Waals surface area contributed by atoms with Crippen LogP contribution in [0.5, 0.6) is 0 Å². The average molecular weight is 440 g/mol. The van der Waals surface area contributed by atoms with E-state index in [2.05, 4.69) is 36.5 Å². The molecule has 3 amide bonds. The number of hydrogen-bond acceptors (Lipinski definition) is 4. The molecule has 0 radical (unpaired) electrons. The zero-order chi connectivity index (χ0) is 21.8. The van der Waals surface area contributed by atoms with E-state index in [1.807, 2.05) is 27.3 Å². The summed E-state index contributed by atoms with van der Waals surface area (Å²) in [6.07, 6.45) is 3.07. The first-order valence-electron chi connectivity index (χ1n) is 10.9. The summed E-state index contributed by atoms with van der Waals surface area (Å²) in [6, 6.07) is 12.1. The molecule has 2 saturated heterocycles. The predicted octanol–water partition coefficient (Wildman–Crippen LogP) is 3.01. The molecule has 1 atom stereocenters. The SMILES string of the molecule is Cc1ccc(C[C@@]2(CCC(=O)N3CCN(C(=O)c4cccs4)CC3)CCC(=O)N2)cc1. The van der Waals surface area contributed by atoms with Crippen LogP contribution in [0.2, 0.25) is 0 Å². The van der Waals surface area contributed by atoms with Gasteiger partial charge in [-0.25, -0.2) is 0 Å². The molecule has 2 aliphatic heterocycles. The van der Waals surface area contributed by atoms with Gasteiger partial charge in [0, 0.05) is 44.6 Å². The zero-order valence-electron chi connectivity index (χ0n) is 17.9. The van der Waals surface area contributed by atoms with E-state index in [0.717, 1.165) is 17.7 Å². The second-order valence-corrected chi connectivity index (χ2v) is 9.59. The minimum atomic E-state index is -0.348. The van der Waals surface area contributed by atoms with Crippen LogP contribution >= 0.6 is 11.3 Å². The fourth-order valence-corrected chi connectivity index (χ4v) is 5.19. The van der Waals surface area contributed by atoms with E-state index in [9.17, 15) is 14.4 Å². The van der Waals surface area contributed by atoms with Crippen molar-refractivity contribution in [2.75, 3.05) is 26.2 Å². The van der Waals surface area contributed by atoms with Gasteiger partial charge >= 0.3 is 0 Å². The normalized spacial score (nSPS) is 21.3. The van der Waals surface area contributed by atoms with Crippen molar-refractivity contribution < 1.29 is 14.4 Å². The third-order valence-electron chi connectivity index (χ3n) is 6.37. The quantitative estimate of drug-likeness (QED) is 0.752. The Kier molecular flexibility index (Phi) is 6.41. The number of rotatable bonds is 6. The van der Waals surface area contributed by atoms with Crippen LogP contribution in [0.1, 0.15) is 46.5 Å². The highest BCUT2D eigenvalue weighted by Crippen LogP contribution is 2.30. The summed E-state index contributed by atoms with van der Waals surface area (Å²) in [7, 11) is 0.